The summed E-state index contributed by atoms with van der Waals surface area (Å²) in [4.78, 5) is 16.9. The van der Waals surface area contributed by atoms with Crippen molar-refractivity contribution in [3.63, 3.8) is 0 Å². The molecule has 2 aromatic carbocycles. The predicted octanol–water partition coefficient (Wildman–Crippen LogP) is 4.96. The number of pyridine rings is 1. The molecule has 26 heavy (non-hydrogen) atoms. The highest BCUT2D eigenvalue weighted by Crippen LogP contribution is 2.20. The van der Waals surface area contributed by atoms with E-state index in [1.807, 2.05) is 67.7 Å². The first-order valence-electron chi connectivity index (χ1n) is 8.79. The van der Waals surface area contributed by atoms with E-state index in [1.165, 1.54) is 5.56 Å². The summed E-state index contributed by atoms with van der Waals surface area (Å²) in [6, 6.07) is 18.9. The van der Waals surface area contributed by atoms with E-state index >= 15 is 0 Å². The number of carbonyl (C=O) groups is 1. The molecular weight excluding hydrogens is 324 g/mol. The van der Waals surface area contributed by atoms with Gasteiger partial charge in [0.25, 0.3) is 5.91 Å². The van der Waals surface area contributed by atoms with E-state index in [2.05, 4.69) is 23.3 Å². The summed E-state index contributed by atoms with van der Waals surface area (Å²) in [6.07, 6.45) is 2.86. The number of hydrogen-bond donors (Lipinski definition) is 1. The number of ether oxygens (including phenoxy) is 1. The predicted molar refractivity (Wildman–Crippen MR) is 105 cm³/mol. The first-order chi connectivity index (χ1) is 12.7. The maximum Gasteiger partial charge on any atom is 0.255 e. The summed E-state index contributed by atoms with van der Waals surface area (Å²) in [7, 11) is 0. The van der Waals surface area contributed by atoms with Crippen LogP contribution < -0.4 is 10.1 Å². The van der Waals surface area contributed by atoms with Crippen LogP contribution in [0.4, 0.5) is 5.69 Å². The molecule has 0 saturated carbocycles. The van der Waals surface area contributed by atoms with Gasteiger partial charge in [-0.05, 0) is 61.4 Å². The normalized spacial score (nSPS) is 10.4. The molecule has 0 fully saturated rings. The van der Waals surface area contributed by atoms with Crippen molar-refractivity contribution in [1.82, 2.24) is 4.98 Å². The van der Waals surface area contributed by atoms with Gasteiger partial charge < -0.3 is 10.1 Å². The Morgan fingerprint density at radius 3 is 2.27 bits per heavy atom. The van der Waals surface area contributed by atoms with Crippen LogP contribution in [-0.4, -0.2) is 17.5 Å². The Labute approximate surface area is 153 Å². The Kier molecular flexibility index (Phi) is 5.64. The molecule has 0 aliphatic carbocycles. The van der Waals surface area contributed by atoms with E-state index < -0.39 is 0 Å². The summed E-state index contributed by atoms with van der Waals surface area (Å²) < 4.78 is 5.40. The topological polar surface area (TPSA) is 51.2 Å². The van der Waals surface area contributed by atoms with Crippen molar-refractivity contribution in [3.05, 3.63) is 78.0 Å². The molecule has 1 N–H and O–H groups in total. The molecule has 0 bridgehead atoms. The summed E-state index contributed by atoms with van der Waals surface area (Å²) >= 11 is 0. The van der Waals surface area contributed by atoms with Crippen LogP contribution in [0.1, 0.15) is 29.8 Å². The summed E-state index contributed by atoms with van der Waals surface area (Å²) in [5, 5.41) is 2.89. The Hall–Kier alpha value is -3.14. The van der Waals surface area contributed by atoms with Gasteiger partial charge in [0, 0.05) is 23.0 Å². The second-order valence-corrected chi connectivity index (χ2v) is 5.89. The standard InChI is InChI=1S/C22H22N2O2/c1-3-16-5-14-21(23-15-16)17-6-8-18(9-7-17)22(25)24-19-10-12-20(13-11-19)26-4-2/h5-15H,3-4H2,1-2H3,(H,24,25). The van der Waals surface area contributed by atoms with Gasteiger partial charge in [-0.15, -0.1) is 0 Å². The van der Waals surface area contributed by atoms with Gasteiger partial charge in [0.15, 0.2) is 0 Å². The lowest BCUT2D eigenvalue weighted by molar-refractivity contribution is 0.102. The van der Waals surface area contributed by atoms with Crippen LogP contribution in [0.3, 0.4) is 0 Å². The lowest BCUT2D eigenvalue weighted by Crippen LogP contribution is -2.11. The largest absolute Gasteiger partial charge is 0.494 e. The summed E-state index contributed by atoms with van der Waals surface area (Å²) in [5.74, 6) is 0.645. The molecule has 132 valence electrons. The minimum absolute atomic E-state index is 0.144. The average molecular weight is 346 g/mol. The average Bonchev–Trinajstić information content (AvgIpc) is 2.70. The molecule has 0 radical (unpaired) electrons. The molecule has 0 aliphatic rings. The summed E-state index contributed by atoms with van der Waals surface area (Å²) in [5.41, 5.74) is 4.44. The fraction of sp³-hybridized carbons (Fsp3) is 0.182. The van der Waals surface area contributed by atoms with Crippen LogP contribution in [0.5, 0.6) is 5.75 Å². The van der Waals surface area contributed by atoms with Crippen molar-refractivity contribution >= 4 is 11.6 Å². The molecule has 1 amide bonds. The first kappa shape index (κ1) is 17.7. The Bertz CT molecular complexity index is 854. The van der Waals surface area contributed by atoms with Gasteiger partial charge in [-0.1, -0.05) is 25.1 Å². The van der Waals surface area contributed by atoms with E-state index in [-0.39, 0.29) is 5.91 Å². The van der Waals surface area contributed by atoms with Crippen molar-refractivity contribution in [2.45, 2.75) is 20.3 Å². The third-order valence-electron chi connectivity index (χ3n) is 4.10. The van der Waals surface area contributed by atoms with E-state index in [4.69, 9.17) is 4.74 Å². The molecule has 3 aromatic rings. The number of amides is 1. The monoisotopic (exact) mass is 346 g/mol. The molecule has 1 aromatic heterocycles. The maximum absolute atomic E-state index is 12.4. The highest BCUT2D eigenvalue weighted by Gasteiger charge is 2.07. The van der Waals surface area contributed by atoms with E-state index in [9.17, 15) is 4.79 Å². The Morgan fingerprint density at radius 1 is 0.962 bits per heavy atom. The van der Waals surface area contributed by atoms with Crippen molar-refractivity contribution in [2.75, 3.05) is 11.9 Å². The zero-order valence-electron chi connectivity index (χ0n) is 15.0. The van der Waals surface area contributed by atoms with Crippen LogP contribution in [0.2, 0.25) is 0 Å². The number of benzene rings is 2. The van der Waals surface area contributed by atoms with Crippen LogP contribution in [0.25, 0.3) is 11.3 Å². The number of nitrogens with one attached hydrogen (secondary N) is 1. The number of aryl methyl sites for hydroxylation is 1. The van der Waals surface area contributed by atoms with Crippen LogP contribution in [0.15, 0.2) is 66.9 Å². The highest BCUT2D eigenvalue weighted by molar-refractivity contribution is 6.04. The van der Waals surface area contributed by atoms with Crippen molar-refractivity contribution in [3.8, 4) is 17.0 Å². The Morgan fingerprint density at radius 2 is 1.69 bits per heavy atom. The van der Waals surface area contributed by atoms with Crippen molar-refractivity contribution < 1.29 is 9.53 Å². The third-order valence-corrected chi connectivity index (χ3v) is 4.10. The number of aromatic nitrogens is 1. The number of anilines is 1. The minimum Gasteiger partial charge on any atom is -0.494 e. The van der Waals surface area contributed by atoms with Gasteiger partial charge in [0.1, 0.15) is 5.75 Å². The number of hydrogen-bond acceptors (Lipinski definition) is 3. The summed E-state index contributed by atoms with van der Waals surface area (Å²) in [6.45, 7) is 4.66. The van der Waals surface area contributed by atoms with Gasteiger partial charge in [-0.2, -0.15) is 0 Å². The van der Waals surface area contributed by atoms with Crippen molar-refractivity contribution in [1.29, 1.82) is 0 Å². The van der Waals surface area contributed by atoms with Gasteiger partial charge >= 0.3 is 0 Å². The van der Waals surface area contributed by atoms with Crippen molar-refractivity contribution in [2.24, 2.45) is 0 Å². The molecule has 0 saturated heterocycles. The van der Waals surface area contributed by atoms with Crippen LogP contribution in [0, 0.1) is 0 Å². The van der Waals surface area contributed by atoms with Gasteiger partial charge in [-0.3, -0.25) is 9.78 Å². The molecule has 4 heteroatoms. The molecular formula is C22H22N2O2. The number of nitrogens with zero attached hydrogens (tertiary/aromatic N) is 1. The maximum atomic E-state index is 12.4. The quantitative estimate of drug-likeness (QED) is 0.686. The smallest absolute Gasteiger partial charge is 0.255 e. The zero-order chi connectivity index (χ0) is 18.4. The fourth-order valence-electron chi connectivity index (χ4n) is 2.60. The van der Waals surface area contributed by atoms with Gasteiger partial charge in [0.2, 0.25) is 0 Å². The third kappa shape index (κ3) is 4.28. The second-order valence-electron chi connectivity index (χ2n) is 5.89. The number of rotatable bonds is 6. The minimum atomic E-state index is -0.144. The van der Waals surface area contributed by atoms with E-state index in [1.54, 1.807) is 0 Å². The van der Waals surface area contributed by atoms with Crippen LogP contribution >= 0.6 is 0 Å². The lowest BCUT2D eigenvalue weighted by Gasteiger charge is -2.08. The van der Waals surface area contributed by atoms with E-state index in [0.717, 1.165) is 29.1 Å². The first-order valence-corrected chi connectivity index (χ1v) is 8.79. The van der Waals surface area contributed by atoms with Gasteiger partial charge in [0.05, 0.1) is 12.3 Å². The molecule has 0 spiro atoms. The molecule has 0 atom stereocenters. The Balaban J connectivity index is 1.68. The van der Waals surface area contributed by atoms with Gasteiger partial charge in [-0.25, -0.2) is 0 Å². The van der Waals surface area contributed by atoms with E-state index in [0.29, 0.717) is 12.2 Å². The SMILES string of the molecule is CCOc1ccc(NC(=O)c2ccc(-c3ccc(CC)cn3)cc2)cc1. The highest BCUT2D eigenvalue weighted by atomic mass is 16.5. The fourth-order valence-corrected chi connectivity index (χ4v) is 2.60. The second kappa shape index (κ2) is 8.30. The molecule has 0 aliphatic heterocycles. The molecule has 0 unspecified atom stereocenters. The van der Waals surface area contributed by atoms with Crippen LogP contribution in [-0.2, 0) is 6.42 Å². The number of carbonyl (C=O) groups excluding carboxylic acids is 1. The molecule has 3 rings (SSSR count). The zero-order valence-corrected chi connectivity index (χ0v) is 15.0. The lowest BCUT2D eigenvalue weighted by atomic mass is 10.1. The molecule has 1 heterocycles. The molecule has 4 nitrogen and oxygen atoms in total.